The molecule has 1 saturated heterocycles. The molecule has 0 radical (unpaired) electrons. The van der Waals surface area contributed by atoms with Gasteiger partial charge in [-0.3, -0.25) is 0 Å². The van der Waals surface area contributed by atoms with Crippen molar-refractivity contribution in [2.45, 2.75) is 37.3 Å². The summed E-state index contributed by atoms with van der Waals surface area (Å²) in [6.45, 7) is 1.01. The van der Waals surface area contributed by atoms with Gasteiger partial charge in [0.1, 0.15) is 0 Å². The van der Waals surface area contributed by atoms with Gasteiger partial charge in [0.25, 0.3) is 0 Å². The Morgan fingerprint density at radius 1 is 1.24 bits per heavy atom. The van der Waals surface area contributed by atoms with Gasteiger partial charge in [-0.25, -0.2) is 0 Å². The van der Waals surface area contributed by atoms with Crippen molar-refractivity contribution in [2.24, 2.45) is 5.92 Å². The van der Waals surface area contributed by atoms with Crippen LogP contribution in [0.1, 0.15) is 31.2 Å². The quantitative estimate of drug-likeness (QED) is 0.802. The van der Waals surface area contributed by atoms with Gasteiger partial charge >= 0.3 is 0 Å². The molecule has 0 bridgehead atoms. The Morgan fingerprint density at radius 2 is 2.00 bits per heavy atom. The molecule has 2 aliphatic rings. The minimum absolute atomic E-state index is 0.420. The maximum Gasteiger partial charge on any atom is 0.0951 e. The largest absolute Gasteiger partial charge is 0.385 e. The predicted molar refractivity (Wildman–Crippen MR) is 68.7 cm³/mol. The van der Waals surface area contributed by atoms with E-state index < -0.39 is 5.60 Å². The van der Waals surface area contributed by atoms with Gasteiger partial charge in [-0.2, -0.15) is 0 Å². The van der Waals surface area contributed by atoms with Crippen molar-refractivity contribution in [1.29, 1.82) is 0 Å². The highest BCUT2D eigenvalue weighted by Gasteiger charge is 2.49. The molecular formula is C15H21NO. The van der Waals surface area contributed by atoms with E-state index in [0.717, 1.165) is 18.5 Å². The summed E-state index contributed by atoms with van der Waals surface area (Å²) >= 11 is 0. The van der Waals surface area contributed by atoms with Crippen LogP contribution in [0.4, 0.5) is 0 Å². The average molecular weight is 231 g/mol. The third kappa shape index (κ3) is 1.71. The highest BCUT2D eigenvalue weighted by molar-refractivity contribution is 5.25. The number of likely N-dealkylation sites (tertiary alicyclic amines) is 1. The molecule has 1 heterocycles. The molecule has 1 N–H and O–H groups in total. The number of aliphatic hydroxyl groups is 1. The fraction of sp³-hybridized carbons (Fsp3) is 0.600. The van der Waals surface area contributed by atoms with Crippen molar-refractivity contribution in [3.05, 3.63) is 35.9 Å². The molecule has 17 heavy (non-hydrogen) atoms. The standard InChI is InChI=1S/C15H21NO/c1-16-11-10-15(17,12-6-3-2-4-7-12)13-8-5-9-14(13)16/h2-4,6-7,13-14,17H,5,8-11H2,1H3/t13-,14+,15+/m1/s1. The molecule has 2 fully saturated rings. The molecule has 0 amide bonds. The van der Waals surface area contributed by atoms with Crippen molar-refractivity contribution < 1.29 is 5.11 Å². The SMILES string of the molecule is CN1CC[C@](O)(c2ccccc2)[C@@H]2CCC[C@@H]21. The summed E-state index contributed by atoms with van der Waals surface area (Å²) in [5, 5.41) is 11.1. The van der Waals surface area contributed by atoms with E-state index in [4.69, 9.17) is 0 Å². The number of benzene rings is 1. The zero-order valence-electron chi connectivity index (χ0n) is 10.5. The van der Waals surface area contributed by atoms with E-state index in [1.165, 1.54) is 19.3 Å². The number of nitrogens with zero attached hydrogens (tertiary/aromatic N) is 1. The van der Waals surface area contributed by atoms with Gasteiger partial charge in [-0.1, -0.05) is 36.8 Å². The van der Waals surface area contributed by atoms with Crippen LogP contribution in [0.3, 0.4) is 0 Å². The normalized spacial score (nSPS) is 38.0. The molecule has 0 spiro atoms. The highest BCUT2D eigenvalue weighted by Crippen LogP contribution is 2.47. The third-order valence-corrected chi connectivity index (χ3v) is 4.78. The van der Waals surface area contributed by atoms with E-state index in [2.05, 4.69) is 24.1 Å². The Balaban J connectivity index is 1.97. The second-order valence-electron chi connectivity index (χ2n) is 5.63. The topological polar surface area (TPSA) is 23.5 Å². The van der Waals surface area contributed by atoms with Crippen LogP contribution in [0.5, 0.6) is 0 Å². The monoisotopic (exact) mass is 231 g/mol. The lowest BCUT2D eigenvalue weighted by Gasteiger charge is -2.46. The molecular weight excluding hydrogens is 210 g/mol. The number of fused-ring (bicyclic) bond motifs is 1. The Kier molecular flexibility index (Phi) is 2.72. The van der Waals surface area contributed by atoms with Gasteiger partial charge in [0, 0.05) is 18.5 Å². The van der Waals surface area contributed by atoms with Gasteiger partial charge in [0.15, 0.2) is 0 Å². The van der Waals surface area contributed by atoms with Gasteiger partial charge < -0.3 is 10.0 Å². The van der Waals surface area contributed by atoms with Crippen LogP contribution in [0.2, 0.25) is 0 Å². The first-order chi connectivity index (χ1) is 8.22. The van der Waals surface area contributed by atoms with Gasteiger partial charge in [-0.15, -0.1) is 0 Å². The maximum atomic E-state index is 11.1. The molecule has 1 aromatic rings. The van der Waals surface area contributed by atoms with E-state index in [1.54, 1.807) is 0 Å². The summed E-state index contributed by atoms with van der Waals surface area (Å²) in [6, 6.07) is 10.8. The molecule has 1 saturated carbocycles. The summed E-state index contributed by atoms with van der Waals surface area (Å²) in [6.07, 6.45) is 4.54. The van der Waals surface area contributed by atoms with Crippen LogP contribution >= 0.6 is 0 Å². The molecule has 0 unspecified atom stereocenters. The van der Waals surface area contributed by atoms with E-state index in [-0.39, 0.29) is 0 Å². The van der Waals surface area contributed by atoms with Crippen molar-refractivity contribution >= 4 is 0 Å². The van der Waals surface area contributed by atoms with Crippen LogP contribution in [-0.4, -0.2) is 29.6 Å². The second kappa shape index (κ2) is 4.11. The number of hydrogen-bond acceptors (Lipinski definition) is 2. The number of rotatable bonds is 1. The van der Waals surface area contributed by atoms with Gasteiger partial charge in [0.05, 0.1) is 5.60 Å². The second-order valence-corrected chi connectivity index (χ2v) is 5.63. The average Bonchev–Trinajstić information content (AvgIpc) is 2.86. The molecule has 1 aliphatic heterocycles. The lowest BCUT2D eigenvalue weighted by Crippen LogP contribution is -2.52. The molecule has 92 valence electrons. The number of hydrogen-bond donors (Lipinski definition) is 1. The Bertz CT molecular complexity index is 391. The Morgan fingerprint density at radius 3 is 2.76 bits per heavy atom. The Hall–Kier alpha value is -0.860. The fourth-order valence-electron chi connectivity index (χ4n) is 3.81. The highest BCUT2D eigenvalue weighted by atomic mass is 16.3. The molecule has 3 atom stereocenters. The summed E-state index contributed by atoms with van der Waals surface area (Å²) < 4.78 is 0. The van der Waals surface area contributed by atoms with Crippen LogP contribution in [-0.2, 0) is 5.60 Å². The van der Waals surface area contributed by atoms with Crippen molar-refractivity contribution in [3.63, 3.8) is 0 Å². The predicted octanol–water partition coefficient (Wildman–Crippen LogP) is 2.38. The lowest BCUT2D eigenvalue weighted by molar-refractivity contribution is -0.0901. The summed E-state index contributed by atoms with van der Waals surface area (Å²) in [7, 11) is 2.20. The first-order valence-corrected chi connectivity index (χ1v) is 6.70. The summed E-state index contributed by atoms with van der Waals surface area (Å²) in [5.41, 5.74) is 0.527. The maximum absolute atomic E-state index is 11.1. The zero-order valence-corrected chi connectivity index (χ0v) is 10.5. The van der Waals surface area contributed by atoms with E-state index in [9.17, 15) is 5.11 Å². The van der Waals surface area contributed by atoms with E-state index >= 15 is 0 Å². The smallest absolute Gasteiger partial charge is 0.0951 e. The molecule has 1 aromatic carbocycles. The summed E-state index contributed by atoms with van der Waals surface area (Å²) in [4.78, 5) is 2.44. The van der Waals surface area contributed by atoms with Crippen molar-refractivity contribution in [2.75, 3.05) is 13.6 Å². The van der Waals surface area contributed by atoms with Crippen LogP contribution in [0, 0.1) is 5.92 Å². The minimum atomic E-state index is -0.588. The van der Waals surface area contributed by atoms with Crippen molar-refractivity contribution in [3.8, 4) is 0 Å². The summed E-state index contributed by atoms with van der Waals surface area (Å²) in [5.74, 6) is 0.420. The Labute approximate surface area is 103 Å². The molecule has 1 aliphatic carbocycles. The van der Waals surface area contributed by atoms with Crippen LogP contribution in [0.25, 0.3) is 0 Å². The van der Waals surface area contributed by atoms with Gasteiger partial charge in [0.2, 0.25) is 0 Å². The fourth-order valence-corrected chi connectivity index (χ4v) is 3.81. The molecule has 2 heteroatoms. The van der Waals surface area contributed by atoms with Crippen LogP contribution < -0.4 is 0 Å². The number of piperidine rings is 1. The third-order valence-electron chi connectivity index (χ3n) is 4.78. The van der Waals surface area contributed by atoms with Crippen molar-refractivity contribution in [1.82, 2.24) is 4.90 Å². The minimum Gasteiger partial charge on any atom is -0.385 e. The molecule has 3 rings (SSSR count). The van der Waals surface area contributed by atoms with E-state index in [0.29, 0.717) is 12.0 Å². The molecule has 0 aromatic heterocycles. The van der Waals surface area contributed by atoms with Crippen LogP contribution in [0.15, 0.2) is 30.3 Å². The van der Waals surface area contributed by atoms with Gasteiger partial charge in [-0.05, 0) is 31.9 Å². The first kappa shape index (κ1) is 11.2. The zero-order chi connectivity index (χ0) is 11.9. The first-order valence-electron chi connectivity index (χ1n) is 6.70. The van der Waals surface area contributed by atoms with E-state index in [1.807, 2.05) is 18.2 Å². The molecule has 2 nitrogen and oxygen atoms in total. The lowest BCUT2D eigenvalue weighted by atomic mass is 9.73.